The maximum Gasteiger partial charge on any atom is 0.494 e. The minimum atomic E-state index is -0.565. The number of hydrogen-bond acceptors (Lipinski definition) is 9. The molecule has 0 radical (unpaired) electrons. The van der Waals surface area contributed by atoms with Crippen LogP contribution in [0.15, 0.2) is 71.7 Å². The van der Waals surface area contributed by atoms with Gasteiger partial charge in [0.1, 0.15) is 24.2 Å². The number of aliphatic imine (C=N–C) groups is 1. The van der Waals surface area contributed by atoms with E-state index in [0.29, 0.717) is 60.0 Å². The monoisotopic (exact) mass is 726 g/mol. The molecule has 2 aliphatic heterocycles. The zero-order valence-electron chi connectivity index (χ0n) is 30.4. The molecular formula is C38H44BClN6O6. The van der Waals surface area contributed by atoms with E-state index in [1.807, 2.05) is 101 Å². The molecule has 2 aliphatic rings. The molecule has 2 amide bonds. The summed E-state index contributed by atoms with van der Waals surface area (Å²) in [6.45, 7) is 13.6. The van der Waals surface area contributed by atoms with E-state index in [1.54, 1.807) is 12.1 Å². The number of amides is 2. The highest BCUT2D eigenvalue weighted by Gasteiger charge is 2.51. The molecule has 3 heterocycles. The predicted molar refractivity (Wildman–Crippen MR) is 200 cm³/mol. The van der Waals surface area contributed by atoms with Crippen molar-refractivity contribution in [2.75, 3.05) is 32.9 Å². The number of carbonyl (C=O) groups excluding carboxylic acids is 2. The van der Waals surface area contributed by atoms with Gasteiger partial charge in [0, 0.05) is 34.8 Å². The van der Waals surface area contributed by atoms with Crippen LogP contribution in [0.1, 0.15) is 80.2 Å². The maximum absolute atomic E-state index is 12.7. The van der Waals surface area contributed by atoms with E-state index in [0.717, 1.165) is 22.3 Å². The van der Waals surface area contributed by atoms with Crippen molar-refractivity contribution >= 4 is 41.7 Å². The highest BCUT2D eigenvalue weighted by atomic mass is 35.5. The molecule has 14 heteroatoms. The second kappa shape index (κ2) is 15.6. The number of aryl methyl sites for hydroxylation is 1. The van der Waals surface area contributed by atoms with Gasteiger partial charge in [-0.3, -0.25) is 19.1 Å². The van der Waals surface area contributed by atoms with E-state index in [2.05, 4.69) is 20.8 Å². The van der Waals surface area contributed by atoms with E-state index in [-0.39, 0.29) is 24.8 Å². The molecule has 1 atom stereocenters. The Hall–Kier alpha value is -4.56. The van der Waals surface area contributed by atoms with Gasteiger partial charge in [-0.05, 0) is 89.5 Å². The first-order valence-corrected chi connectivity index (χ1v) is 17.9. The van der Waals surface area contributed by atoms with Crippen LogP contribution in [0.5, 0.6) is 5.75 Å². The van der Waals surface area contributed by atoms with Gasteiger partial charge in [0.15, 0.2) is 5.82 Å². The number of rotatable bonds is 13. The summed E-state index contributed by atoms with van der Waals surface area (Å²) in [5, 5.41) is 15.1. The number of nitrogens with one attached hydrogen (secondary N) is 2. The largest absolute Gasteiger partial charge is 0.494 e. The summed E-state index contributed by atoms with van der Waals surface area (Å²) in [5.41, 5.74) is 3.69. The lowest BCUT2D eigenvalue weighted by Crippen LogP contribution is -2.41. The van der Waals surface area contributed by atoms with E-state index in [4.69, 9.17) is 35.4 Å². The Morgan fingerprint density at radius 1 is 0.923 bits per heavy atom. The normalized spacial score (nSPS) is 17.1. The van der Waals surface area contributed by atoms with Crippen molar-refractivity contribution in [2.24, 2.45) is 4.99 Å². The minimum Gasteiger partial charge on any atom is -0.491 e. The average Bonchev–Trinajstić information content (AvgIpc) is 3.55. The quantitative estimate of drug-likeness (QED) is 0.149. The zero-order chi connectivity index (χ0) is 37.0. The van der Waals surface area contributed by atoms with Gasteiger partial charge < -0.3 is 29.4 Å². The lowest BCUT2D eigenvalue weighted by molar-refractivity contribution is -0.121. The number of ether oxygens (including phenoxy) is 2. The fraction of sp³-hybridized carbons (Fsp3) is 0.395. The molecule has 0 unspecified atom stereocenters. The number of hydrogen-bond donors (Lipinski definition) is 2. The number of carbonyl (C=O) groups is 2. The third-order valence-electron chi connectivity index (χ3n) is 9.49. The van der Waals surface area contributed by atoms with Gasteiger partial charge in [0.2, 0.25) is 5.91 Å². The van der Waals surface area contributed by atoms with Crippen LogP contribution in [-0.2, 0) is 18.8 Å². The van der Waals surface area contributed by atoms with Gasteiger partial charge in [-0.1, -0.05) is 35.9 Å². The molecule has 1 saturated heterocycles. The van der Waals surface area contributed by atoms with E-state index >= 15 is 0 Å². The van der Waals surface area contributed by atoms with E-state index in [9.17, 15) is 9.59 Å². The van der Waals surface area contributed by atoms with E-state index in [1.165, 1.54) is 0 Å². The standard InChI is InChI=1S/C38H44BClN6O6/c1-7-41-33(47)23-31-35-45-44-24(2)46(35)32-17-16-29(22-30(32)34(43-31)25-10-14-28(40)15-11-25)50-21-20-49-19-18-42-36(48)26-8-12-27(13-9-26)39-51-37(3,4)38(5,6)52-39/h8-17,22,31H,7,18-21,23H2,1-6H3,(H,41,47)(H,42,48)/t31-/m0/s1. The Morgan fingerprint density at radius 3 is 2.33 bits per heavy atom. The molecule has 0 spiro atoms. The smallest absolute Gasteiger partial charge is 0.491 e. The molecule has 52 heavy (non-hydrogen) atoms. The predicted octanol–water partition coefficient (Wildman–Crippen LogP) is 4.77. The van der Waals surface area contributed by atoms with Crippen LogP contribution in [0.4, 0.5) is 0 Å². The van der Waals surface area contributed by atoms with Crippen LogP contribution in [0.25, 0.3) is 5.69 Å². The molecule has 4 aromatic rings. The molecule has 272 valence electrons. The van der Waals surface area contributed by atoms with Crippen LogP contribution in [0.3, 0.4) is 0 Å². The molecule has 12 nitrogen and oxygen atoms in total. The number of halogens is 1. The fourth-order valence-corrected chi connectivity index (χ4v) is 6.14. The Bertz CT molecular complexity index is 1930. The van der Waals surface area contributed by atoms with Crippen molar-refractivity contribution in [2.45, 2.75) is 65.2 Å². The Balaban J connectivity index is 1.06. The third-order valence-corrected chi connectivity index (χ3v) is 9.75. The molecule has 0 aliphatic carbocycles. The molecule has 3 aromatic carbocycles. The number of fused-ring (bicyclic) bond motifs is 3. The zero-order valence-corrected chi connectivity index (χ0v) is 31.1. The van der Waals surface area contributed by atoms with Crippen molar-refractivity contribution in [3.8, 4) is 11.4 Å². The first kappa shape index (κ1) is 37.2. The summed E-state index contributed by atoms with van der Waals surface area (Å²) < 4.78 is 26.0. The van der Waals surface area contributed by atoms with Crippen LogP contribution in [0.2, 0.25) is 5.02 Å². The molecule has 1 aromatic heterocycles. The minimum absolute atomic E-state index is 0.118. The number of nitrogens with zero attached hydrogens (tertiary/aromatic N) is 4. The first-order valence-electron chi connectivity index (χ1n) is 17.5. The average molecular weight is 727 g/mol. The third kappa shape index (κ3) is 8.07. The Kier molecular flexibility index (Phi) is 11.2. The van der Waals surface area contributed by atoms with Crippen LogP contribution in [0, 0.1) is 6.92 Å². The second-order valence-electron chi connectivity index (χ2n) is 13.7. The second-order valence-corrected chi connectivity index (χ2v) is 14.1. The highest BCUT2D eigenvalue weighted by molar-refractivity contribution is 6.62. The van der Waals surface area contributed by atoms with Crippen molar-refractivity contribution in [1.29, 1.82) is 0 Å². The molecule has 2 N–H and O–H groups in total. The topological polar surface area (TPSA) is 138 Å². The molecule has 1 fully saturated rings. The number of aromatic nitrogens is 3. The summed E-state index contributed by atoms with van der Waals surface area (Å²) in [7, 11) is -0.481. The summed E-state index contributed by atoms with van der Waals surface area (Å²) in [6.07, 6.45) is 0.118. The molecule has 6 rings (SSSR count). The molecule has 0 bridgehead atoms. The SMILES string of the molecule is CCNC(=O)C[C@@H]1N=C(c2ccc(Cl)cc2)c2cc(OCCOCCNC(=O)c3ccc(B4OC(C)(C)C(C)(C)O4)cc3)ccc2-n2c(C)nnc21. The van der Waals surface area contributed by atoms with Gasteiger partial charge in [0.05, 0.1) is 42.2 Å². The van der Waals surface area contributed by atoms with Crippen LogP contribution < -0.4 is 20.8 Å². The van der Waals surface area contributed by atoms with Crippen LogP contribution in [-0.4, -0.2) is 83.5 Å². The van der Waals surface area contributed by atoms with Gasteiger partial charge in [-0.15, -0.1) is 10.2 Å². The summed E-state index contributed by atoms with van der Waals surface area (Å²) >= 11 is 6.23. The van der Waals surface area contributed by atoms with Gasteiger partial charge in [-0.2, -0.15) is 0 Å². The summed E-state index contributed by atoms with van der Waals surface area (Å²) in [6, 6.07) is 19.9. The lowest BCUT2D eigenvalue weighted by Gasteiger charge is -2.32. The van der Waals surface area contributed by atoms with Crippen molar-refractivity contribution in [3.63, 3.8) is 0 Å². The summed E-state index contributed by atoms with van der Waals surface area (Å²) in [4.78, 5) is 30.6. The van der Waals surface area contributed by atoms with Gasteiger partial charge >= 0.3 is 7.12 Å². The molecular weight excluding hydrogens is 683 g/mol. The van der Waals surface area contributed by atoms with Crippen molar-refractivity contribution < 1.29 is 28.4 Å². The highest BCUT2D eigenvalue weighted by Crippen LogP contribution is 2.37. The first-order chi connectivity index (χ1) is 24.9. The summed E-state index contributed by atoms with van der Waals surface area (Å²) in [5.74, 6) is 1.57. The van der Waals surface area contributed by atoms with E-state index < -0.39 is 24.4 Å². The Labute approximate surface area is 309 Å². The maximum atomic E-state index is 12.7. The Morgan fingerprint density at radius 2 is 1.63 bits per heavy atom. The van der Waals surface area contributed by atoms with Crippen molar-refractivity contribution in [3.05, 3.63) is 100 Å². The van der Waals surface area contributed by atoms with Gasteiger partial charge in [-0.25, -0.2) is 0 Å². The van der Waals surface area contributed by atoms with Crippen molar-refractivity contribution in [1.82, 2.24) is 25.4 Å². The van der Waals surface area contributed by atoms with Gasteiger partial charge in [0.25, 0.3) is 5.91 Å². The lowest BCUT2D eigenvalue weighted by atomic mass is 9.79. The van der Waals surface area contributed by atoms with Crippen LogP contribution >= 0.6 is 11.6 Å². The molecule has 0 saturated carbocycles. The number of benzene rings is 3. The fourth-order valence-electron chi connectivity index (χ4n) is 6.01.